The van der Waals surface area contributed by atoms with Gasteiger partial charge in [-0.25, -0.2) is 4.79 Å². The zero-order chi connectivity index (χ0) is 19.4. The van der Waals surface area contributed by atoms with Crippen molar-refractivity contribution in [3.8, 4) is 0 Å². The number of cyclic esters (lactones) is 1. The zero-order valence-electron chi connectivity index (χ0n) is 16.7. The molecule has 2 aliphatic carbocycles. The second-order valence-corrected chi connectivity index (χ2v) is 9.37. The van der Waals surface area contributed by atoms with Crippen LogP contribution in [0.15, 0.2) is 23.8 Å². The fourth-order valence-corrected chi connectivity index (χ4v) is 6.32. The highest BCUT2D eigenvalue weighted by atomic mass is 16.7. The molecule has 27 heavy (non-hydrogen) atoms. The number of carbonyl (C=O) groups excluding carboxylic acids is 1. The summed E-state index contributed by atoms with van der Waals surface area (Å²) in [7, 11) is 0. The lowest BCUT2D eigenvalue weighted by Crippen LogP contribution is -2.61. The molecule has 0 radical (unpaired) electrons. The summed E-state index contributed by atoms with van der Waals surface area (Å²) in [6.07, 6.45) is 6.18. The Kier molecular flexibility index (Phi) is 4.76. The minimum atomic E-state index is -0.798. The maximum absolute atomic E-state index is 11.9. The second kappa shape index (κ2) is 6.71. The van der Waals surface area contributed by atoms with Crippen molar-refractivity contribution in [2.24, 2.45) is 22.7 Å². The van der Waals surface area contributed by atoms with Crippen LogP contribution in [0.4, 0.5) is 0 Å². The first-order valence-corrected chi connectivity index (χ1v) is 10.3. The van der Waals surface area contributed by atoms with Crippen LogP contribution in [0, 0.1) is 22.7 Å². The number of hydrogen-bond donors (Lipinski definition) is 1. The van der Waals surface area contributed by atoms with Crippen molar-refractivity contribution in [2.45, 2.75) is 71.4 Å². The third-order valence-electron chi connectivity index (χ3n) is 7.84. The van der Waals surface area contributed by atoms with Crippen molar-refractivity contribution >= 4 is 5.97 Å². The topological polar surface area (TPSA) is 65.0 Å². The summed E-state index contributed by atoms with van der Waals surface area (Å²) in [6, 6.07) is 0. The third kappa shape index (κ3) is 2.99. The van der Waals surface area contributed by atoms with Gasteiger partial charge in [0.15, 0.2) is 6.29 Å². The van der Waals surface area contributed by atoms with Gasteiger partial charge in [0, 0.05) is 5.41 Å². The Balaban J connectivity index is 1.61. The maximum atomic E-state index is 11.9. The highest BCUT2D eigenvalue weighted by Crippen LogP contribution is 2.63. The molecule has 5 heteroatoms. The number of allylic oxidation sites excluding steroid dienone is 2. The van der Waals surface area contributed by atoms with Gasteiger partial charge >= 0.3 is 5.97 Å². The van der Waals surface area contributed by atoms with Crippen molar-refractivity contribution in [2.75, 3.05) is 13.2 Å². The molecular weight excluding hydrogens is 344 g/mol. The van der Waals surface area contributed by atoms with E-state index in [1.165, 1.54) is 5.57 Å². The minimum absolute atomic E-state index is 0.0113. The fourth-order valence-electron chi connectivity index (χ4n) is 6.32. The molecular formula is C22H32O5. The summed E-state index contributed by atoms with van der Waals surface area (Å²) in [4.78, 5) is 11.9. The molecule has 0 aromatic rings. The summed E-state index contributed by atoms with van der Waals surface area (Å²) in [6.45, 7) is 11.9. The van der Waals surface area contributed by atoms with Crippen LogP contribution in [0.3, 0.4) is 0 Å². The van der Waals surface area contributed by atoms with Crippen LogP contribution >= 0.6 is 0 Å². The summed E-state index contributed by atoms with van der Waals surface area (Å²) < 4.78 is 17.1. The smallest absolute Gasteiger partial charge is 0.336 e. The molecule has 1 unspecified atom stereocenters. The van der Waals surface area contributed by atoms with Crippen LogP contribution in [0.5, 0.6) is 0 Å². The maximum Gasteiger partial charge on any atom is 0.336 e. The summed E-state index contributed by atoms with van der Waals surface area (Å²) in [5, 5.41) is 10.0. The number of carbonyl (C=O) groups is 1. The van der Waals surface area contributed by atoms with Gasteiger partial charge < -0.3 is 19.3 Å². The van der Waals surface area contributed by atoms with Gasteiger partial charge in [0.2, 0.25) is 0 Å². The highest BCUT2D eigenvalue weighted by Gasteiger charge is 2.59. The van der Waals surface area contributed by atoms with Gasteiger partial charge in [-0.1, -0.05) is 32.1 Å². The Labute approximate surface area is 161 Å². The molecule has 4 rings (SSSR count). The van der Waals surface area contributed by atoms with Crippen LogP contribution < -0.4 is 0 Å². The molecule has 0 aromatic carbocycles. The zero-order valence-corrected chi connectivity index (χ0v) is 16.7. The predicted octanol–water partition coefficient (Wildman–Crippen LogP) is 3.37. The summed E-state index contributed by atoms with van der Waals surface area (Å²) in [5.74, 6) is 0.399. The minimum Gasteiger partial charge on any atom is -0.459 e. The number of esters is 1. The molecule has 2 saturated carbocycles. The molecule has 7 atom stereocenters. The average molecular weight is 376 g/mol. The molecule has 5 nitrogen and oxygen atoms in total. The lowest BCUT2D eigenvalue weighted by atomic mass is 9.46. The first-order valence-electron chi connectivity index (χ1n) is 10.3. The van der Waals surface area contributed by atoms with Gasteiger partial charge in [-0.05, 0) is 56.3 Å². The first kappa shape index (κ1) is 19.2. The number of hydrogen-bond acceptors (Lipinski definition) is 5. The number of aliphatic hydroxyl groups excluding tert-OH is 1. The van der Waals surface area contributed by atoms with Gasteiger partial charge in [-0.15, -0.1) is 0 Å². The monoisotopic (exact) mass is 376 g/mol. The Bertz CT molecular complexity index is 670. The molecule has 0 bridgehead atoms. The highest BCUT2D eigenvalue weighted by molar-refractivity contribution is 5.91. The number of aliphatic hydroxyl groups is 1. The quantitative estimate of drug-likeness (QED) is 0.455. The standard InChI is InChI=1S/C22H32O5/c1-13-5-8-18-21(3,10-9-19-22(18,4)12-26-14(2)27-19)16(13)7-6-15-17(23)11-25-20(15)24/h6,14,16-19,23H,1,5,7-12H2,2-4H3/b15-6+/t14?,16-,17-,18+,19-,21+,22+/m1/s1. The van der Waals surface area contributed by atoms with E-state index in [2.05, 4.69) is 20.4 Å². The van der Waals surface area contributed by atoms with E-state index >= 15 is 0 Å². The molecule has 150 valence electrons. The lowest BCUT2D eigenvalue weighted by Gasteiger charge is -2.62. The lowest BCUT2D eigenvalue weighted by molar-refractivity contribution is -0.297. The van der Waals surface area contributed by atoms with Gasteiger partial charge in [0.25, 0.3) is 0 Å². The van der Waals surface area contributed by atoms with Crippen molar-refractivity contribution in [3.63, 3.8) is 0 Å². The number of rotatable bonds is 2. The molecule has 2 aliphatic heterocycles. The van der Waals surface area contributed by atoms with E-state index in [0.29, 0.717) is 17.4 Å². The molecule has 2 saturated heterocycles. The van der Waals surface area contributed by atoms with E-state index in [1.807, 2.05) is 13.0 Å². The second-order valence-electron chi connectivity index (χ2n) is 9.37. The van der Waals surface area contributed by atoms with Crippen LogP contribution in [-0.4, -0.2) is 42.8 Å². The van der Waals surface area contributed by atoms with E-state index in [9.17, 15) is 9.90 Å². The molecule has 2 heterocycles. The molecule has 0 aromatic heterocycles. The van der Waals surface area contributed by atoms with Gasteiger partial charge in [-0.3, -0.25) is 0 Å². The average Bonchev–Trinajstić information content (AvgIpc) is 2.93. The summed E-state index contributed by atoms with van der Waals surface area (Å²) in [5.41, 5.74) is 1.78. The normalized spacial score (nSPS) is 48.9. The first-order chi connectivity index (χ1) is 12.8. The van der Waals surface area contributed by atoms with Gasteiger partial charge in [-0.2, -0.15) is 0 Å². The van der Waals surface area contributed by atoms with Gasteiger partial charge in [0.05, 0.1) is 18.3 Å². The van der Waals surface area contributed by atoms with E-state index in [1.54, 1.807) is 0 Å². The van der Waals surface area contributed by atoms with Crippen LogP contribution in [-0.2, 0) is 19.0 Å². The Hall–Kier alpha value is -1.17. The van der Waals surface area contributed by atoms with E-state index < -0.39 is 6.10 Å². The van der Waals surface area contributed by atoms with Crippen LogP contribution in [0.1, 0.15) is 52.9 Å². The fraction of sp³-hybridized carbons (Fsp3) is 0.773. The SMILES string of the molecule is C=C1CC[C@@H]2[C@]3(C)COC(C)O[C@@H]3CC[C@@]2(C)[C@@H]1C/C=C1/C(=O)OC[C@H]1O. The molecule has 1 N–H and O–H groups in total. The van der Waals surface area contributed by atoms with Crippen molar-refractivity contribution in [1.82, 2.24) is 0 Å². The van der Waals surface area contributed by atoms with Crippen molar-refractivity contribution in [3.05, 3.63) is 23.8 Å². The van der Waals surface area contributed by atoms with Crippen molar-refractivity contribution in [1.29, 1.82) is 0 Å². The predicted molar refractivity (Wildman–Crippen MR) is 101 cm³/mol. The Morgan fingerprint density at radius 1 is 1.30 bits per heavy atom. The van der Waals surface area contributed by atoms with Crippen molar-refractivity contribution < 1.29 is 24.1 Å². The molecule has 4 aliphatic rings. The third-order valence-corrected chi connectivity index (χ3v) is 7.84. The molecule has 0 spiro atoms. The largest absolute Gasteiger partial charge is 0.459 e. The number of ether oxygens (including phenoxy) is 3. The van der Waals surface area contributed by atoms with Crippen LogP contribution in [0.2, 0.25) is 0 Å². The molecule has 0 amide bonds. The van der Waals surface area contributed by atoms with Gasteiger partial charge in [0.1, 0.15) is 12.7 Å². The van der Waals surface area contributed by atoms with E-state index in [0.717, 1.165) is 38.7 Å². The Morgan fingerprint density at radius 2 is 2.07 bits per heavy atom. The van der Waals surface area contributed by atoms with Crippen LogP contribution in [0.25, 0.3) is 0 Å². The molecule has 4 fully saturated rings. The van der Waals surface area contributed by atoms with E-state index in [4.69, 9.17) is 14.2 Å². The Morgan fingerprint density at radius 3 is 2.78 bits per heavy atom. The van der Waals surface area contributed by atoms with E-state index in [-0.39, 0.29) is 35.8 Å². The summed E-state index contributed by atoms with van der Waals surface area (Å²) >= 11 is 0. The number of fused-ring (bicyclic) bond motifs is 3.